The van der Waals surface area contributed by atoms with Crippen LogP contribution in [-0.2, 0) is 4.74 Å². The third kappa shape index (κ3) is 14.4. The highest BCUT2D eigenvalue weighted by Gasteiger charge is 2.19. The molecule has 2 aliphatic heterocycles. The molecule has 0 saturated heterocycles. The molecule has 0 aliphatic carbocycles. The highest BCUT2D eigenvalue weighted by atomic mass is 16.5. The zero-order valence-corrected chi connectivity index (χ0v) is 24.7. The lowest BCUT2D eigenvalue weighted by Crippen LogP contribution is -2.37. The Morgan fingerprint density at radius 1 is 0.595 bits per heavy atom. The smallest absolute Gasteiger partial charge is 0.152 e. The lowest BCUT2D eigenvalue weighted by molar-refractivity contribution is 0.0199. The Morgan fingerprint density at radius 2 is 0.973 bits per heavy atom. The van der Waals surface area contributed by atoms with Crippen molar-refractivity contribution in [2.75, 3.05) is 40.4 Å². The Bertz CT molecular complexity index is 599. The maximum Gasteiger partial charge on any atom is 0.152 e. The molecule has 1 aromatic carbocycles. The SMILES string of the molecule is CCCCCCCCN(C)C1CCCOCCCC(N(C)CCCCCCCC)Oc2ccc(cc2)O1. The Balaban J connectivity index is 1.90. The summed E-state index contributed by atoms with van der Waals surface area (Å²) in [6, 6.07) is 8.29. The van der Waals surface area contributed by atoms with Crippen LogP contribution in [0.4, 0.5) is 0 Å². The fourth-order valence-electron chi connectivity index (χ4n) is 5.04. The van der Waals surface area contributed by atoms with Crippen molar-refractivity contribution in [1.82, 2.24) is 9.80 Å². The van der Waals surface area contributed by atoms with Crippen molar-refractivity contribution in [3.63, 3.8) is 0 Å². The molecule has 2 bridgehead atoms. The Labute approximate surface area is 229 Å². The summed E-state index contributed by atoms with van der Waals surface area (Å²) >= 11 is 0. The normalized spacial score (nSPS) is 19.4. The van der Waals surface area contributed by atoms with E-state index in [-0.39, 0.29) is 12.5 Å². The Morgan fingerprint density at radius 3 is 1.38 bits per heavy atom. The predicted octanol–water partition coefficient (Wildman–Crippen LogP) is 8.27. The number of hydrogen-bond acceptors (Lipinski definition) is 5. The van der Waals surface area contributed by atoms with E-state index in [1.807, 2.05) is 0 Å². The fourth-order valence-corrected chi connectivity index (χ4v) is 5.04. The highest BCUT2D eigenvalue weighted by Crippen LogP contribution is 2.24. The number of unbranched alkanes of at least 4 members (excludes halogenated alkanes) is 10. The lowest BCUT2D eigenvalue weighted by Gasteiger charge is -2.29. The average molecular weight is 519 g/mol. The van der Waals surface area contributed by atoms with Crippen LogP contribution in [0.3, 0.4) is 0 Å². The van der Waals surface area contributed by atoms with Crippen LogP contribution in [0.1, 0.15) is 117 Å². The minimum Gasteiger partial charge on any atom is -0.475 e. The second-order valence-electron chi connectivity index (χ2n) is 11.0. The van der Waals surface area contributed by atoms with Crippen molar-refractivity contribution in [2.45, 2.75) is 129 Å². The molecular formula is C32H58N2O3. The maximum atomic E-state index is 6.47. The van der Waals surface area contributed by atoms with Crippen molar-refractivity contribution in [3.05, 3.63) is 24.3 Å². The maximum absolute atomic E-state index is 6.47. The van der Waals surface area contributed by atoms with Crippen LogP contribution in [0.5, 0.6) is 11.5 Å². The summed E-state index contributed by atoms with van der Waals surface area (Å²) in [4.78, 5) is 4.77. The van der Waals surface area contributed by atoms with Crippen molar-refractivity contribution in [1.29, 1.82) is 0 Å². The molecule has 2 aliphatic rings. The van der Waals surface area contributed by atoms with Gasteiger partial charge in [0.25, 0.3) is 0 Å². The number of fused-ring (bicyclic) bond motifs is 12. The Kier molecular flexibility index (Phi) is 17.8. The standard InChI is InChI=1S/C32H58N2O3/c1-5-7-9-11-13-15-25-33(3)31-19-17-27-35-28-18-20-32(34(4)26-16-14-12-10-8-6-2)37-30-23-21-29(36-31)22-24-30/h21-24,31-32H,5-20,25-28H2,1-4H3. The molecule has 5 nitrogen and oxygen atoms in total. The molecule has 0 fully saturated rings. The summed E-state index contributed by atoms with van der Waals surface area (Å²) in [6.45, 7) is 8.29. The molecule has 5 heteroatoms. The van der Waals surface area contributed by atoms with Gasteiger partial charge in [-0.15, -0.1) is 0 Å². The zero-order valence-electron chi connectivity index (χ0n) is 24.7. The summed E-state index contributed by atoms with van der Waals surface area (Å²) < 4.78 is 19.0. The molecule has 0 amide bonds. The van der Waals surface area contributed by atoms with Crippen LogP contribution in [0.25, 0.3) is 0 Å². The van der Waals surface area contributed by atoms with E-state index < -0.39 is 0 Å². The summed E-state index contributed by atoms with van der Waals surface area (Å²) in [7, 11) is 4.40. The van der Waals surface area contributed by atoms with E-state index in [0.29, 0.717) is 0 Å². The van der Waals surface area contributed by atoms with Crippen molar-refractivity contribution < 1.29 is 14.2 Å². The molecule has 0 saturated carbocycles. The summed E-state index contributed by atoms with van der Waals surface area (Å²) in [5.41, 5.74) is 0. The molecular weight excluding hydrogens is 460 g/mol. The third-order valence-corrected chi connectivity index (χ3v) is 7.56. The first-order chi connectivity index (χ1) is 18.1. The van der Waals surface area contributed by atoms with Crippen molar-refractivity contribution in [2.24, 2.45) is 0 Å². The molecule has 2 atom stereocenters. The topological polar surface area (TPSA) is 34.2 Å². The van der Waals surface area contributed by atoms with Crippen molar-refractivity contribution in [3.8, 4) is 11.5 Å². The number of rotatable bonds is 16. The predicted molar refractivity (Wildman–Crippen MR) is 157 cm³/mol. The number of nitrogens with zero attached hydrogens (tertiary/aromatic N) is 2. The third-order valence-electron chi connectivity index (χ3n) is 7.56. The van der Waals surface area contributed by atoms with Crippen LogP contribution < -0.4 is 9.47 Å². The van der Waals surface area contributed by atoms with Gasteiger partial charge in [-0.05, 0) is 64.0 Å². The van der Waals surface area contributed by atoms with E-state index in [1.165, 1.54) is 77.0 Å². The molecule has 2 heterocycles. The number of benzene rings is 1. The van der Waals surface area contributed by atoms with E-state index >= 15 is 0 Å². The second kappa shape index (κ2) is 20.6. The van der Waals surface area contributed by atoms with E-state index in [4.69, 9.17) is 14.2 Å². The molecule has 1 aromatic rings. The van der Waals surface area contributed by atoms with Gasteiger partial charge in [0, 0.05) is 39.1 Å². The number of ether oxygens (including phenoxy) is 3. The largest absolute Gasteiger partial charge is 0.475 e. The van der Waals surface area contributed by atoms with Gasteiger partial charge >= 0.3 is 0 Å². The molecule has 214 valence electrons. The van der Waals surface area contributed by atoms with Crippen LogP contribution in [0.15, 0.2) is 24.3 Å². The summed E-state index contributed by atoms with van der Waals surface area (Å²) in [5, 5.41) is 0. The quantitative estimate of drug-likeness (QED) is 0.206. The second-order valence-corrected chi connectivity index (χ2v) is 11.0. The van der Waals surface area contributed by atoms with E-state index in [2.05, 4.69) is 62.0 Å². The van der Waals surface area contributed by atoms with Crippen molar-refractivity contribution >= 4 is 0 Å². The average Bonchev–Trinajstić information content (AvgIpc) is 2.92. The highest BCUT2D eigenvalue weighted by molar-refractivity contribution is 5.31. The van der Waals surface area contributed by atoms with Gasteiger partial charge in [0.05, 0.1) is 0 Å². The minimum absolute atomic E-state index is 0.0762. The molecule has 0 aromatic heterocycles. The molecule has 37 heavy (non-hydrogen) atoms. The Hall–Kier alpha value is -1.30. The van der Waals surface area contributed by atoms with Crippen LogP contribution >= 0.6 is 0 Å². The molecule has 0 spiro atoms. The fraction of sp³-hybridized carbons (Fsp3) is 0.812. The van der Waals surface area contributed by atoms with Gasteiger partial charge in [-0.3, -0.25) is 9.80 Å². The van der Waals surface area contributed by atoms with Gasteiger partial charge in [-0.2, -0.15) is 0 Å². The van der Waals surface area contributed by atoms with Gasteiger partial charge < -0.3 is 14.2 Å². The first-order valence-corrected chi connectivity index (χ1v) is 15.6. The molecule has 2 unspecified atom stereocenters. The first-order valence-electron chi connectivity index (χ1n) is 15.6. The molecule has 3 rings (SSSR count). The molecule has 0 N–H and O–H groups in total. The summed E-state index contributed by atoms with van der Waals surface area (Å²) in [6.07, 6.45) is 20.0. The van der Waals surface area contributed by atoms with Gasteiger partial charge in [0.2, 0.25) is 0 Å². The number of hydrogen-bond donors (Lipinski definition) is 0. The van der Waals surface area contributed by atoms with E-state index in [9.17, 15) is 0 Å². The molecule has 0 radical (unpaired) electrons. The van der Waals surface area contributed by atoms with Gasteiger partial charge in [0.1, 0.15) is 11.5 Å². The zero-order chi connectivity index (χ0) is 26.6. The van der Waals surface area contributed by atoms with Gasteiger partial charge in [-0.1, -0.05) is 78.1 Å². The van der Waals surface area contributed by atoms with E-state index in [0.717, 1.165) is 63.5 Å². The van der Waals surface area contributed by atoms with Crippen LogP contribution in [0, 0.1) is 0 Å². The lowest BCUT2D eigenvalue weighted by atomic mass is 10.1. The van der Waals surface area contributed by atoms with Crippen LogP contribution in [-0.4, -0.2) is 62.7 Å². The summed E-state index contributed by atoms with van der Waals surface area (Å²) in [5.74, 6) is 1.83. The monoisotopic (exact) mass is 518 g/mol. The van der Waals surface area contributed by atoms with Gasteiger partial charge in [0.15, 0.2) is 12.5 Å². The van der Waals surface area contributed by atoms with E-state index in [1.54, 1.807) is 0 Å². The van der Waals surface area contributed by atoms with Crippen LogP contribution in [0.2, 0.25) is 0 Å². The van der Waals surface area contributed by atoms with Gasteiger partial charge in [-0.25, -0.2) is 0 Å². The minimum atomic E-state index is 0.0762. The first kappa shape index (κ1) is 31.9.